The molecule has 0 amide bonds. The largest absolute Gasteiger partial charge is 0.396 e. The molecule has 0 heterocycles. The monoisotopic (exact) mass is 336 g/mol. The van der Waals surface area contributed by atoms with Gasteiger partial charge >= 0.3 is 0 Å². The van der Waals surface area contributed by atoms with E-state index in [1.807, 2.05) is 13.8 Å². The van der Waals surface area contributed by atoms with Crippen molar-refractivity contribution in [3.63, 3.8) is 0 Å². The predicted molar refractivity (Wildman–Crippen MR) is 92.9 cm³/mol. The highest BCUT2D eigenvalue weighted by Crippen LogP contribution is 2.25. The van der Waals surface area contributed by atoms with E-state index in [1.54, 1.807) is 0 Å². The number of hydrogen-bond donors (Lipinski definition) is 1. The molecule has 0 aliphatic heterocycles. The van der Waals surface area contributed by atoms with Gasteiger partial charge in [-0.25, -0.2) is 8.42 Å². The van der Waals surface area contributed by atoms with E-state index in [1.165, 1.54) is 6.26 Å². The summed E-state index contributed by atoms with van der Waals surface area (Å²) in [6, 6.07) is 0. The summed E-state index contributed by atoms with van der Waals surface area (Å²) >= 11 is 0. The van der Waals surface area contributed by atoms with Crippen molar-refractivity contribution in [1.82, 2.24) is 0 Å². The van der Waals surface area contributed by atoms with Crippen molar-refractivity contribution in [2.45, 2.75) is 66.2 Å². The fraction of sp³-hybridized carbons (Fsp3) is 1.00. The number of rotatable bonds is 13. The molecule has 134 valence electrons. The number of unbranched alkanes of at least 4 members (excludes halogenated alkanes) is 2. The summed E-state index contributed by atoms with van der Waals surface area (Å²) in [7, 11) is -2.90. The van der Waals surface area contributed by atoms with Crippen molar-refractivity contribution >= 4 is 9.84 Å². The van der Waals surface area contributed by atoms with Crippen LogP contribution in [0.5, 0.6) is 0 Å². The summed E-state index contributed by atoms with van der Waals surface area (Å²) in [5.41, 5.74) is -0.130. The smallest absolute Gasteiger partial charge is 0.147 e. The Morgan fingerprint density at radius 1 is 0.864 bits per heavy atom. The van der Waals surface area contributed by atoms with Gasteiger partial charge in [-0.2, -0.15) is 0 Å². The second-order valence-corrected chi connectivity index (χ2v) is 10.2. The van der Waals surface area contributed by atoms with Crippen molar-refractivity contribution in [2.75, 3.05) is 31.8 Å². The average Bonchev–Trinajstić information content (AvgIpc) is 2.33. The summed E-state index contributed by atoms with van der Waals surface area (Å²) < 4.78 is 28.3. The molecule has 0 saturated carbocycles. The Hall–Kier alpha value is -0.130. The van der Waals surface area contributed by atoms with Gasteiger partial charge in [0, 0.05) is 26.1 Å². The first kappa shape index (κ1) is 21.9. The van der Waals surface area contributed by atoms with Gasteiger partial charge in [-0.3, -0.25) is 0 Å². The molecule has 0 aliphatic rings. The number of sulfone groups is 1. The van der Waals surface area contributed by atoms with Crippen LogP contribution in [0, 0.1) is 10.8 Å². The van der Waals surface area contributed by atoms with E-state index in [0.29, 0.717) is 0 Å². The van der Waals surface area contributed by atoms with Crippen molar-refractivity contribution < 1.29 is 18.3 Å². The van der Waals surface area contributed by atoms with Gasteiger partial charge in [0.25, 0.3) is 0 Å². The fourth-order valence-electron chi connectivity index (χ4n) is 2.58. The number of aliphatic hydroxyl groups excluding tert-OH is 1. The summed E-state index contributed by atoms with van der Waals surface area (Å²) in [6.07, 6.45) is 7.32. The fourth-order valence-corrected chi connectivity index (χ4v) is 4.14. The normalized spacial score (nSPS) is 13.5. The summed E-state index contributed by atoms with van der Waals surface area (Å²) in [5, 5.41) is 9.16. The minimum absolute atomic E-state index is 0.0190. The molecule has 0 aromatic heterocycles. The zero-order valence-electron chi connectivity index (χ0n) is 15.2. The first-order chi connectivity index (χ1) is 9.97. The van der Waals surface area contributed by atoms with E-state index in [-0.39, 0.29) is 23.2 Å². The van der Waals surface area contributed by atoms with Crippen LogP contribution in [0.3, 0.4) is 0 Å². The van der Waals surface area contributed by atoms with Crippen LogP contribution in [-0.4, -0.2) is 45.4 Å². The van der Waals surface area contributed by atoms with Crippen LogP contribution < -0.4 is 0 Å². The van der Waals surface area contributed by atoms with Gasteiger partial charge in [-0.1, -0.05) is 40.5 Å². The van der Waals surface area contributed by atoms with Gasteiger partial charge in [0.1, 0.15) is 9.84 Å². The van der Waals surface area contributed by atoms with Crippen molar-refractivity contribution in [3.8, 4) is 0 Å². The molecule has 1 N–H and O–H groups in total. The zero-order valence-corrected chi connectivity index (χ0v) is 16.0. The molecule has 0 atom stereocenters. The quantitative estimate of drug-likeness (QED) is 0.523. The maximum atomic E-state index is 11.3. The number of ether oxygens (including phenoxy) is 1. The molecule has 0 bridgehead atoms. The van der Waals surface area contributed by atoms with Gasteiger partial charge in [0.15, 0.2) is 0 Å². The second kappa shape index (κ2) is 9.89. The molecular formula is C17H36O4S. The second-order valence-electron chi connectivity index (χ2n) is 8.08. The van der Waals surface area contributed by atoms with Crippen LogP contribution in [0.1, 0.15) is 66.2 Å². The lowest BCUT2D eigenvalue weighted by Crippen LogP contribution is -2.23. The summed E-state index contributed by atoms with van der Waals surface area (Å²) in [5.74, 6) is 0.251. The maximum absolute atomic E-state index is 11.3. The molecule has 0 saturated heterocycles. The molecular weight excluding hydrogens is 300 g/mol. The minimum atomic E-state index is -2.90. The molecule has 0 unspecified atom stereocenters. The van der Waals surface area contributed by atoms with Crippen LogP contribution in [0.4, 0.5) is 0 Å². The van der Waals surface area contributed by atoms with E-state index < -0.39 is 9.84 Å². The Kier molecular flexibility index (Phi) is 9.83. The highest BCUT2D eigenvalue weighted by molar-refractivity contribution is 7.90. The number of hydrogen-bond acceptors (Lipinski definition) is 4. The number of aliphatic hydroxyl groups is 1. The van der Waals surface area contributed by atoms with Crippen LogP contribution in [0.25, 0.3) is 0 Å². The SMILES string of the molecule is CC(C)(CO)CCCCOCCCCC(C)(C)CS(C)(=O)=O. The summed E-state index contributed by atoms with van der Waals surface area (Å²) in [6.45, 7) is 9.93. The van der Waals surface area contributed by atoms with Crippen molar-refractivity contribution in [3.05, 3.63) is 0 Å². The van der Waals surface area contributed by atoms with Crippen LogP contribution in [0.2, 0.25) is 0 Å². The lowest BCUT2D eigenvalue weighted by Gasteiger charge is -2.23. The van der Waals surface area contributed by atoms with Gasteiger partial charge < -0.3 is 9.84 Å². The molecule has 0 radical (unpaired) electrons. The highest BCUT2D eigenvalue weighted by atomic mass is 32.2. The molecule has 0 aromatic rings. The van der Waals surface area contributed by atoms with E-state index in [0.717, 1.165) is 51.7 Å². The van der Waals surface area contributed by atoms with Gasteiger partial charge in [-0.15, -0.1) is 0 Å². The standard InChI is InChI=1S/C17H36O4S/c1-16(2,14-18)10-6-8-12-21-13-9-7-11-17(3,4)15-22(5,19)20/h18H,6-15H2,1-5H3. The third-order valence-electron chi connectivity index (χ3n) is 3.87. The van der Waals surface area contributed by atoms with E-state index >= 15 is 0 Å². The molecule has 0 spiro atoms. The van der Waals surface area contributed by atoms with Crippen molar-refractivity contribution in [1.29, 1.82) is 0 Å². The third-order valence-corrected chi connectivity index (χ3v) is 5.17. The molecule has 0 aliphatic carbocycles. The molecule has 0 aromatic carbocycles. The Labute approximate surface area is 137 Å². The van der Waals surface area contributed by atoms with Gasteiger partial charge in [0.2, 0.25) is 0 Å². The van der Waals surface area contributed by atoms with E-state index in [2.05, 4.69) is 13.8 Å². The zero-order chi connectivity index (χ0) is 17.3. The lowest BCUT2D eigenvalue weighted by molar-refractivity contribution is 0.113. The molecule has 4 nitrogen and oxygen atoms in total. The van der Waals surface area contributed by atoms with Gasteiger partial charge in [0.05, 0.1) is 5.75 Å². The Morgan fingerprint density at radius 2 is 1.32 bits per heavy atom. The first-order valence-electron chi connectivity index (χ1n) is 8.34. The van der Waals surface area contributed by atoms with Crippen LogP contribution in [-0.2, 0) is 14.6 Å². The van der Waals surface area contributed by atoms with Crippen LogP contribution >= 0.6 is 0 Å². The van der Waals surface area contributed by atoms with E-state index in [4.69, 9.17) is 9.84 Å². The Balaban J connectivity index is 3.55. The topological polar surface area (TPSA) is 63.6 Å². The molecule has 22 heavy (non-hydrogen) atoms. The average molecular weight is 337 g/mol. The Morgan fingerprint density at radius 3 is 1.73 bits per heavy atom. The minimum Gasteiger partial charge on any atom is -0.396 e. The molecule has 0 fully saturated rings. The maximum Gasteiger partial charge on any atom is 0.147 e. The predicted octanol–water partition coefficient (Wildman–Crippen LogP) is 3.43. The summed E-state index contributed by atoms with van der Waals surface area (Å²) in [4.78, 5) is 0. The highest BCUT2D eigenvalue weighted by Gasteiger charge is 2.22. The third kappa shape index (κ3) is 13.5. The van der Waals surface area contributed by atoms with Crippen molar-refractivity contribution in [2.24, 2.45) is 10.8 Å². The first-order valence-corrected chi connectivity index (χ1v) is 10.4. The molecule has 5 heteroatoms. The van der Waals surface area contributed by atoms with E-state index in [9.17, 15) is 8.42 Å². The molecule has 0 rings (SSSR count). The Bertz CT molecular complexity index is 385. The van der Waals surface area contributed by atoms with Gasteiger partial charge in [-0.05, 0) is 36.5 Å². The van der Waals surface area contributed by atoms with Crippen LogP contribution in [0.15, 0.2) is 0 Å². The lowest BCUT2D eigenvalue weighted by atomic mass is 9.88.